The Morgan fingerprint density at radius 3 is 0.826 bits per heavy atom. The lowest BCUT2D eigenvalue weighted by atomic mass is 10.0. The molecular weight excluding hydrogens is 564 g/mol. The van der Waals surface area contributed by atoms with Crippen LogP contribution in [0.25, 0.3) is 112 Å². The summed E-state index contributed by atoms with van der Waals surface area (Å²) < 4.78 is 0. The minimum absolute atomic E-state index is 0.910. The smallest absolute Gasteiger partial charge is 0.0710 e. The Hall–Kier alpha value is -6.40. The maximum atomic E-state index is 4.97. The van der Waals surface area contributed by atoms with Crippen LogP contribution < -0.4 is 0 Å². The van der Waals surface area contributed by atoms with E-state index in [-0.39, 0.29) is 0 Å². The lowest BCUT2D eigenvalue weighted by Gasteiger charge is -2.02. The average Bonchev–Trinajstić information content (AvgIpc) is 3.91. The predicted octanol–water partition coefficient (Wildman–Crippen LogP) is 10.2. The molecule has 214 valence electrons. The molecule has 0 aliphatic carbocycles. The minimum Gasteiger partial charge on any atom is -0.353 e. The Morgan fingerprint density at radius 2 is 0.565 bits per heavy atom. The summed E-state index contributed by atoms with van der Waals surface area (Å²) in [6, 6.07) is 34.6. The molecule has 9 aromatic rings. The van der Waals surface area contributed by atoms with Crippen LogP contribution in [-0.4, -0.2) is 29.9 Å². The molecule has 4 N–H and O–H groups in total. The van der Waals surface area contributed by atoms with Gasteiger partial charge >= 0.3 is 0 Å². The molecule has 2 aliphatic heterocycles. The average molecular weight is 589 g/mol. The van der Waals surface area contributed by atoms with Crippen molar-refractivity contribution < 1.29 is 0 Å². The molecule has 6 heteroatoms. The minimum atomic E-state index is 0.910. The molecule has 4 aromatic carbocycles. The zero-order chi connectivity index (χ0) is 29.9. The molecule has 0 atom stereocenters. The molecule has 0 fully saturated rings. The van der Waals surface area contributed by atoms with Gasteiger partial charge in [0.05, 0.1) is 44.8 Å². The molecule has 6 nitrogen and oxygen atoms in total. The van der Waals surface area contributed by atoms with Gasteiger partial charge in [-0.1, -0.05) is 48.5 Å². The Balaban J connectivity index is 1.28. The Morgan fingerprint density at radius 1 is 0.304 bits per heavy atom. The van der Waals surface area contributed by atoms with E-state index in [0.717, 1.165) is 66.9 Å². The first kappa shape index (κ1) is 24.0. The lowest BCUT2D eigenvalue weighted by Crippen LogP contribution is -1.78. The van der Waals surface area contributed by atoms with Crippen LogP contribution in [0.3, 0.4) is 0 Å². The molecule has 0 saturated heterocycles. The van der Waals surface area contributed by atoms with Crippen molar-refractivity contribution in [3.8, 4) is 0 Å². The number of aromatic nitrogens is 6. The fraction of sp³-hybridized carbons (Fsp3) is 0. The lowest BCUT2D eigenvalue weighted by molar-refractivity contribution is 1.32. The summed E-state index contributed by atoms with van der Waals surface area (Å²) in [6.07, 6.45) is 8.30. The standard InChI is InChI=1S/C40H24N6/c1-2-6-30-29(5-1)33-17-25-13-21-9-10-23(41-21)15-27-19-35-31-7-3-4-8-32(31)36-20-28(46-40(36)39(35)45-27)16-24-12-11-22(42-24)14-26-18-34(30)38(44-26)37(33)43-25/h1-20,43-46H. The van der Waals surface area contributed by atoms with Crippen molar-refractivity contribution in [1.29, 1.82) is 0 Å². The third-order valence-corrected chi connectivity index (χ3v) is 9.45. The molecule has 5 aromatic heterocycles. The highest BCUT2D eigenvalue weighted by molar-refractivity contribution is 6.26. The molecule has 0 saturated carbocycles. The molecule has 2 aliphatic rings. The second kappa shape index (κ2) is 8.61. The summed E-state index contributed by atoms with van der Waals surface area (Å²) in [4.78, 5) is 24.7. The second-order valence-electron chi connectivity index (χ2n) is 12.3. The van der Waals surface area contributed by atoms with E-state index >= 15 is 0 Å². The zero-order valence-corrected chi connectivity index (χ0v) is 24.4. The van der Waals surface area contributed by atoms with Crippen LogP contribution in [0.4, 0.5) is 0 Å². The largest absolute Gasteiger partial charge is 0.353 e. The van der Waals surface area contributed by atoms with Gasteiger partial charge in [0.25, 0.3) is 0 Å². The van der Waals surface area contributed by atoms with Gasteiger partial charge in [0, 0.05) is 43.6 Å². The fourth-order valence-electron chi connectivity index (χ4n) is 7.50. The van der Waals surface area contributed by atoms with Crippen molar-refractivity contribution in [3.05, 3.63) is 120 Å². The number of benzene rings is 4. The summed E-state index contributed by atoms with van der Waals surface area (Å²) in [5.41, 5.74) is 12.0. The molecular formula is C40H24N6. The first-order valence-corrected chi connectivity index (χ1v) is 15.5. The van der Waals surface area contributed by atoms with Gasteiger partial charge in [0.1, 0.15) is 0 Å². The normalized spacial score (nSPS) is 13.0. The third-order valence-electron chi connectivity index (χ3n) is 9.45. The van der Waals surface area contributed by atoms with E-state index < -0.39 is 0 Å². The maximum Gasteiger partial charge on any atom is 0.0710 e. The van der Waals surface area contributed by atoms with Crippen LogP contribution in [-0.2, 0) is 0 Å². The van der Waals surface area contributed by atoms with Crippen LogP contribution in [0.15, 0.2) is 97.1 Å². The van der Waals surface area contributed by atoms with E-state index in [0.29, 0.717) is 0 Å². The highest BCUT2D eigenvalue weighted by Crippen LogP contribution is 2.37. The van der Waals surface area contributed by atoms with Crippen molar-refractivity contribution in [2.75, 3.05) is 0 Å². The first-order valence-electron chi connectivity index (χ1n) is 15.5. The summed E-state index contributed by atoms with van der Waals surface area (Å²) in [5.74, 6) is 0. The SMILES string of the molecule is C1=Cc2cc3cc4c5ccccc5c5cc(cc6nc(cc7cc8c9ccccc9c9cc(cc1n2)[nH]c9c8[nH]7)C=C6)[nH]c5c4[nH]3. The monoisotopic (exact) mass is 588 g/mol. The number of hydrogen-bond donors (Lipinski definition) is 4. The molecule has 7 heterocycles. The molecule has 0 radical (unpaired) electrons. The van der Waals surface area contributed by atoms with Gasteiger partial charge in [-0.25, -0.2) is 9.97 Å². The van der Waals surface area contributed by atoms with Crippen LogP contribution in [0.5, 0.6) is 0 Å². The van der Waals surface area contributed by atoms with Crippen molar-refractivity contribution in [2.45, 2.75) is 0 Å². The summed E-state index contributed by atoms with van der Waals surface area (Å²) >= 11 is 0. The van der Waals surface area contributed by atoms with Gasteiger partial charge in [-0.15, -0.1) is 0 Å². The number of nitrogens with one attached hydrogen (secondary N) is 4. The fourth-order valence-corrected chi connectivity index (χ4v) is 7.50. The van der Waals surface area contributed by atoms with Gasteiger partial charge < -0.3 is 19.9 Å². The highest BCUT2D eigenvalue weighted by atomic mass is 14.8. The van der Waals surface area contributed by atoms with Gasteiger partial charge in [-0.05, 0) is 94.4 Å². The Kier molecular flexibility index (Phi) is 4.49. The first-order chi connectivity index (χ1) is 22.7. The molecule has 0 spiro atoms. The van der Waals surface area contributed by atoms with Crippen molar-refractivity contribution >= 4 is 112 Å². The molecule has 11 rings (SSSR count). The second-order valence-corrected chi connectivity index (χ2v) is 12.3. The highest BCUT2D eigenvalue weighted by Gasteiger charge is 2.14. The van der Waals surface area contributed by atoms with E-state index in [4.69, 9.17) is 9.97 Å². The summed E-state index contributed by atoms with van der Waals surface area (Å²) in [6.45, 7) is 0. The van der Waals surface area contributed by atoms with Gasteiger partial charge in [0.15, 0.2) is 0 Å². The van der Waals surface area contributed by atoms with E-state index in [1.165, 1.54) is 43.1 Å². The van der Waals surface area contributed by atoms with Crippen LogP contribution >= 0.6 is 0 Å². The Labute approximate surface area is 260 Å². The number of nitrogens with zero attached hydrogens (tertiary/aromatic N) is 2. The molecule has 46 heavy (non-hydrogen) atoms. The Bertz CT molecular complexity index is 2630. The number of H-pyrrole nitrogens is 4. The van der Waals surface area contributed by atoms with Crippen LogP contribution in [0.2, 0.25) is 0 Å². The molecule has 0 amide bonds. The quantitative estimate of drug-likeness (QED) is 0.142. The number of fused-ring (bicyclic) bond motifs is 14. The van der Waals surface area contributed by atoms with E-state index in [2.05, 4.69) is 141 Å². The van der Waals surface area contributed by atoms with E-state index in [9.17, 15) is 0 Å². The van der Waals surface area contributed by atoms with E-state index in [1.54, 1.807) is 0 Å². The van der Waals surface area contributed by atoms with E-state index in [1.807, 2.05) is 0 Å². The van der Waals surface area contributed by atoms with Crippen molar-refractivity contribution in [3.63, 3.8) is 0 Å². The summed E-state index contributed by atoms with van der Waals surface area (Å²) in [5, 5.41) is 9.63. The van der Waals surface area contributed by atoms with Gasteiger partial charge in [-0.3, -0.25) is 0 Å². The van der Waals surface area contributed by atoms with Gasteiger partial charge in [-0.2, -0.15) is 0 Å². The van der Waals surface area contributed by atoms with Crippen molar-refractivity contribution in [2.24, 2.45) is 0 Å². The van der Waals surface area contributed by atoms with Crippen molar-refractivity contribution in [1.82, 2.24) is 29.9 Å². The maximum absolute atomic E-state index is 4.97. The number of aromatic amines is 4. The van der Waals surface area contributed by atoms with Crippen LogP contribution in [0, 0.1) is 0 Å². The molecule has 12 bridgehead atoms. The number of hydrogen-bond acceptors (Lipinski definition) is 2. The summed E-state index contributed by atoms with van der Waals surface area (Å²) in [7, 11) is 0. The number of rotatable bonds is 0. The molecule has 0 unspecified atom stereocenters. The predicted molar refractivity (Wildman–Crippen MR) is 193 cm³/mol. The van der Waals surface area contributed by atoms with Gasteiger partial charge in [0.2, 0.25) is 0 Å². The topological polar surface area (TPSA) is 88.9 Å². The third kappa shape index (κ3) is 3.41. The van der Waals surface area contributed by atoms with Crippen LogP contribution in [0.1, 0.15) is 22.8 Å². The zero-order valence-electron chi connectivity index (χ0n) is 24.4.